The molecule has 0 radical (unpaired) electrons. The highest BCUT2D eigenvalue weighted by molar-refractivity contribution is 7.53. The molecule has 0 saturated carbocycles. The molecular formula is C8H16NO4P. The molecule has 0 saturated heterocycles. The summed E-state index contributed by atoms with van der Waals surface area (Å²) in [5, 5.41) is 0.719. The van der Waals surface area contributed by atoms with E-state index >= 15 is 0 Å². The van der Waals surface area contributed by atoms with Gasteiger partial charge in [0, 0.05) is 0 Å². The summed E-state index contributed by atoms with van der Waals surface area (Å²) in [6, 6.07) is 0. The molecule has 1 unspecified atom stereocenters. The molecule has 0 bridgehead atoms. The van der Waals surface area contributed by atoms with Crippen LogP contribution in [0, 0.1) is 5.92 Å². The second kappa shape index (κ2) is 4.26. The van der Waals surface area contributed by atoms with Gasteiger partial charge in [-0.25, -0.2) is 0 Å². The SMILES string of the molecule is C=CC(=O)NC(C)(C(C)C)P(=O)(O)O. The molecule has 0 aromatic heterocycles. The summed E-state index contributed by atoms with van der Waals surface area (Å²) >= 11 is 0. The first-order valence-corrected chi connectivity index (χ1v) is 5.76. The zero-order valence-corrected chi connectivity index (χ0v) is 9.41. The Morgan fingerprint density at radius 3 is 2.21 bits per heavy atom. The van der Waals surface area contributed by atoms with E-state index in [-0.39, 0.29) is 5.92 Å². The second-order valence-electron chi connectivity index (χ2n) is 3.54. The maximum atomic E-state index is 11.2. The van der Waals surface area contributed by atoms with E-state index in [1.807, 2.05) is 0 Å². The maximum Gasteiger partial charge on any atom is 0.350 e. The average molecular weight is 221 g/mol. The first-order valence-electron chi connectivity index (χ1n) is 4.15. The molecule has 0 fully saturated rings. The van der Waals surface area contributed by atoms with Crippen molar-refractivity contribution in [2.45, 2.75) is 26.1 Å². The van der Waals surface area contributed by atoms with E-state index < -0.39 is 18.8 Å². The summed E-state index contributed by atoms with van der Waals surface area (Å²) in [5.74, 6) is -0.975. The van der Waals surface area contributed by atoms with Crippen LogP contribution in [0.5, 0.6) is 0 Å². The van der Waals surface area contributed by atoms with Gasteiger partial charge < -0.3 is 15.1 Å². The fourth-order valence-electron chi connectivity index (χ4n) is 0.854. The highest BCUT2D eigenvalue weighted by Gasteiger charge is 2.45. The first kappa shape index (κ1) is 13.4. The van der Waals surface area contributed by atoms with Gasteiger partial charge in [-0.3, -0.25) is 9.36 Å². The fraction of sp³-hybridized carbons (Fsp3) is 0.625. The lowest BCUT2D eigenvalue weighted by atomic mass is 10.1. The molecule has 82 valence electrons. The lowest BCUT2D eigenvalue weighted by molar-refractivity contribution is -0.118. The Kier molecular flexibility index (Phi) is 4.06. The van der Waals surface area contributed by atoms with Crippen molar-refractivity contribution < 1.29 is 19.1 Å². The molecule has 0 aromatic rings. The largest absolute Gasteiger partial charge is 0.350 e. The van der Waals surface area contributed by atoms with Gasteiger partial charge in [0.1, 0.15) is 5.28 Å². The molecule has 1 amide bonds. The minimum absolute atomic E-state index is 0.382. The molecule has 0 heterocycles. The zero-order chi connectivity index (χ0) is 11.6. The Balaban J connectivity index is 5.03. The monoisotopic (exact) mass is 221 g/mol. The van der Waals surface area contributed by atoms with Crippen LogP contribution < -0.4 is 5.32 Å². The van der Waals surface area contributed by atoms with Crippen LogP contribution >= 0.6 is 7.60 Å². The highest BCUT2D eigenvalue weighted by Crippen LogP contribution is 2.52. The van der Waals surface area contributed by atoms with Crippen molar-refractivity contribution in [2.75, 3.05) is 0 Å². The Hall–Kier alpha value is -0.640. The van der Waals surface area contributed by atoms with Crippen LogP contribution in [0.4, 0.5) is 0 Å². The summed E-state index contributed by atoms with van der Waals surface area (Å²) < 4.78 is 11.2. The summed E-state index contributed by atoms with van der Waals surface area (Å²) in [6.45, 7) is 7.80. The third-order valence-corrected chi connectivity index (χ3v) is 4.13. The van der Waals surface area contributed by atoms with Crippen molar-refractivity contribution in [3.05, 3.63) is 12.7 Å². The molecule has 0 aromatic carbocycles. The Morgan fingerprint density at radius 2 is 2.00 bits per heavy atom. The second-order valence-corrected chi connectivity index (χ2v) is 5.56. The van der Waals surface area contributed by atoms with Crippen LogP contribution in [0.2, 0.25) is 0 Å². The van der Waals surface area contributed by atoms with Gasteiger partial charge in [0.25, 0.3) is 0 Å². The van der Waals surface area contributed by atoms with Gasteiger partial charge in [-0.15, -0.1) is 0 Å². The third kappa shape index (κ3) is 2.67. The van der Waals surface area contributed by atoms with E-state index in [2.05, 4.69) is 11.9 Å². The summed E-state index contributed by atoms with van der Waals surface area (Å²) in [6.07, 6.45) is 0.982. The average Bonchev–Trinajstić information content (AvgIpc) is 2.01. The predicted molar refractivity (Wildman–Crippen MR) is 53.6 cm³/mol. The first-order chi connectivity index (χ1) is 6.15. The lowest BCUT2D eigenvalue weighted by Crippen LogP contribution is -2.49. The van der Waals surface area contributed by atoms with Crippen LogP contribution in [0.25, 0.3) is 0 Å². The molecule has 0 spiro atoms. The number of hydrogen-bond acceptors (Lipinski definition) is 2. The molecular weight excluding hydrogens is 205 g/mol. The molecule has 0 rings (SSSR count). The minimum Gasteiger partial charge on any atom is -0.336 e. The smallest absolute Gasteiger partial charge is 0.336 e. The molecule has 14 heavy (non-hydrogen) atoms. The molecule has 0 aliphatic heterocycles. The van der Waals surface area contributed by atoms with E-state index in [0.29, 0.717) is 0 Å². The Bertz CT molecular complexity index is 283. The quantitative estimate of drug-likeness (QED) is 0.485. The summed E-state index contributed by atoms with van der Waals surface area (Å²) in [4.78, 5) is 29.2. The standard InChI is InChI=1S/C8H16NO4P/c1-5-7(10)9-8(4,6(2)3)14(11,12)13/h5-6H,1H2,2-4H3,(H,9,10)(H2,11,12,13). The van der Waals surface area contributed by atoms with Crippen molar-refractivity contribution >= 4 is 13.5 Å². The molecule has 1 atom stereocenters. The van der Waals surface area contributed by atoms with Gasteiger partial charge >= 0.3 is 7.60 Å². The van der Waals surface area contributed by atoms with Gasteiger partial charge in [-0.1, -0.05) is 20.4 Å². The van der Waals surface area contributed by atoms with Gasteiger partial charge in [-0.05, 0) is 18.9 Å². The molecule has 5 nitrogen and oxygen atoms in total. The number of hydrogen-bond donors (Lipinski definition) is 3. The van der Waals surface area contributed by atoms with Gasteiger partial charge in [0.15, 0.2) is 0 Å². The van der Waals surface area contributed by atoms with Crippen LogP contribution in [0.15, 0.2) is 12.7 Å². The number of amides is 1. The molecule has 0 aliphatic rings. The van der Waals surface area contributed by atoms with Crippen LogP contribution in [0.3, 0.4) is 0 Å². The Labute approximate surface area is 83.4 Å². The van der Waals surface area contributed by atoms with Gasteiger partial charge in [0.2, 0.25) is 5.91 Å². The number of carbonyl (C=O) groups is 1. The number of nitrogens with one attached hydrogen (secondary N) is 1. The number of carbonyl (C=O) groups excluding carboxylic acids is 1. The number of rotatable bonds is 4. The van der Waals surface area contributed by atoms with Crippen molar-refractivity contribution in [1.29, 1.82) is 0 Å². The van der Waals surface area contributed by atoms with Crippen LogP contribution in [-0.2, 0) is 9.36 Å². The van der Waals surface area contributed by atoms with Crippen molar-refractivity contribution in [1.82, 2.24) is 5.32 Å². The van der Waals surface area contributed by atoms with E-state index in [0.717, 1.165) is 6.08 Å². The fourth-order valence-corrected chi connectivity index (χ4v) is 1.78. The van der Waals surface area contributed by atoms with Crippen molar-refractivity contribution in [2.24, 2.45) is 5.92 Å². The predicted octanol–water partition coefficient (Wildman–Crippen LogP) is 0.838. The highest BCUT2D eigenvalue weighted by atomic mass is 31.2. The van der Waals surface area contributed by atoms with Crippen LogP contribution in [-0.4, -0.2) is 21.0 Å². The van der Waals surface area contributed by atoms with E-state index in [1.54, 1.807) is 13.8 Å². The van der Waals surface area contributed by atoms with E-state index in [1.165, 1.54) is 6.92 Å². The molecule has 6 heteroatoms. The van der Waals surface area contributed by atoms with Gasteiger partial charge in [-0.2, -0.15) is 0 Å². The summed E-state index contributed by atoms with van der Waals surface area (Å²) in [5.41, 5.74) is 0. The van der Waals surface area contributed by atoms with Crippen molar-refractivity contribution in [3.8, 4) is 0 Å². The zero-order valence-electron chi connectivity index (χ0n) is 8.52. The molecule has 3 N–H and O–H groups in total. The maximum absolute atomic E-state index is 11.2. The van der Waals surface area contributed by atoms with Gasteiger partial charge in [0.05, 0.1) is 0 Å². The topological polar surface area (TPSA) is 86.6 Å². The van der Waals surface area contributed by atoms with E-state index in [9.17, 15) is 9.36 Å². The van der Waals surface area contributed by atoms with Crippen LogP contribution in [0.1, 0.15) is 20.8 Å². The normalized spacial score (nSPS) is 16.1. The third-order valence-electron chi connectivity index (χ3n) is 2.29. The van der Waals surface area contributed by atoms with Crippen molar-refractivity contribution in [3.63, 3.8) is 0 Å². The summed E-state index contributed by atoms with van der Waals surface area (Å²) in [7, 11) is -4.39. The Morgan fingerprint density at radius 1 is 1.57 bits per heavy atom. The minimum atomic E-state index is -4.39. The van der Waals surface area contributed by atoms with E-state index in [4.69, 9.17) is 9.79 Å². The lowest BCUT2D eigenvalue weighted by Gasteiger charge is -2.34. The molecule has 0 aliphatic carbocycles.